The van der Waals surface area contributed by atoms with Crippen molar-refractivity contribution in [3.8, 4) is 0 Å². The molecule has 0 radical (unpaired) electrons. The van der Waals surface area contributed by atoms with Crippen LogP contribution in [0.3, 0.4) is 0 Å². The van der Waals surface area contributed by atoms with Crippen LogP contribution in [0, 0.1) is 0 Å². The minimum Gasteiger partial charge on any atom is -0.345 e. The predicted octanol–water partition coefficient (Wildman–Crippen LogP) is 4.49. The monoisotopic (exact) mass is 350 g/mol. The SMILES string of the molecule is CC(NC(=O)c1ccccc1NC(=O)c1cccs1)c1ccccc1. The highest BCUT2D eigenvalue weighted by molar-refractivity contribution is 7.12. The molecule has 0 saturated carbocycles. The summed E-state index contributed by atoms with van der Waals surface area (Å²) in [4.78, 5) is 25.5. The molecule has 2 aromatic carbocycles. The van der Waals surface area contributed by atoms with E-state index < -0.39 is 0 Å². The summed E-state index contributed by atoms with van der Waals surface area (Å²) in [5.41, 5.74) is 1.96. The van der Waals surface area contributed by atoms with E-state index in [-0.39, 0.29) is 17.9 Å². The molecular formula is C20H18N2O2S. The molecule has 0 saturated heterocycles. The Morgan fingerprint density at radius 2 is 1.60 bits per heavy atom. The van der Waals surface area contributed by atoms with Crippen molar-refractivity contribution in [1.29, 1.82) is 0 Å². The summed E-state index contributed by atoms with van der Waals surface area (Å²) in [5, 5.41) is 7.63. The summed E-state index contributed by atoms with van der Waals surface area (Å²) >= 11 is 1.36. The number of nitrogens with one attached hydrogen (secondary N) is 2. The van der Waals surface area contributed by atoms with Crippen LogP contribution in [0.15, 0.2) is 72.1 Å². The maximum Gasteiger partial charge on any atom is 0.265 e. The molecule has 0 aliphatic rings. The molecule has 2 N–H and O–H groups in total. The maximum absolute atomic E-state index is 12.7. The van der Waals surface area contributed by atoms with E-state index in [1.807, 2.05) is 48.7 Å². The van der Waals surface area contributed by atoms with Crippen molar-refractivity contribution >= 4 is 28.8 Å². The molecule has 3 rings (SSSR count). The van der Waals surface area contributed by atoms with E-state index in [9.17, 15) is 9.59 Å². The normalized spacial score (nSPS) is 11.6. The van der Waals surface area contributed by atoms with Crippen molar-refractivity contribution in [3.63, 3.8) is 0 Å². The minimum absolute atomic E-state index is 0.130. The Kier molecular flexibility index (Phi) is 5.26. The molecule has 3 aromatic rings. The standard InChI is InChI=1S/C20H18N2O2S/c1-14(15-8-3-2-4-9-15)21-19(23)16-10-5-6-11-17(16)22-20(24)18-12-7-13-25-18/h2-14H,1H3,(H,21,23)(H,22,24). The third kappa shape index (κ3) is 4.14. The zero-order valence-corrected chi connectivity index (χ0v) is 14.5. The lowest BCUT2D eigenvalue weighted by molar-refractivity contribution is 0.0941. The molecule has 1 heterocycles. The maximum atomic E-state index is 12.7. The van der Waals surface area contributed by atoms with Crippen molar-refractivity contribution in [2.75, 3.05) is 5.32 Å². The summed E-state index contributed by atoms with van der Waals surface area (Å²) in [6, 6.07) is 20.2. The Balaban J connectivity index is 1.76. The topological polar surface area (TPSA) is 58.2 Å². The number of carbonyl (C=O) groups is 2. The summed E-state index contributed by atoms with van der Waals surface area (Å²) in [5.74, 6) is -0.440. The quantitative estimate of drug-likeness (QED) is 0.712. The van der Waals surface area contributed by atoms with E-state index in [4.69, 9.17) is 0 Å². The second-order valence-electron chi connectivity index (χ2n) is 5.58. The number of thiophene rings is 1. The van der Waals surface area contributed by atoms with Gasteiger partial charge >= 0.3 is 0 Å². The van der Waals surface area contributed by atoms with Gasteiger partial charge in [-0.25, -0.2) is 0 Å². The lowest BCUT2D eigenvalue weighted by Crippen LogP contribution is -2.27. The Morgan fingerprint density at radius 1 is 0.880 bits per heavy atom. The molecule has 0 aliphatic carbocycles. The van der Waals surface area contributed by atoms with E-state index in [1.54, 1.807) is 30.3 Å². The Hall–Kier alpha value is -2.92. The largest absolute Gasteiger partial charge is 0.345 e. The fourth-order valence-corrected chi connectivity index (χ4v) is 3.10. The number of hydrogen-bond acceptors (Lipinski definition) is 3. The van der Waals surface area contributed by atoms with Crippen LogP contribution in [0.4, 0.5) is 5.69 Å². The van der Waals surface area contributed by atoms with Gasteiger partial charge in [0.05, 0.1) is 22.2 Å². The van der Waals surface area contributed by atoms with Crippen LogP contribution in [0.25, 0.3) is 0 Å². The van der Waals surface area contributed by atoms with Crippen LogP contribution < -0.4 is 10.6 Å². The molecule has 0 bridgehead atoms. The first-order valence-electron chi connectivity index (χ1n) is 7.95. The average Bonchev–Trinajstić information content (AvgIpc) is 3.17. The highest BCUT2D eigenvalue weighted by Crippen LogP contribution is 2.19. The molecule has 0 fully saturated rings. The number of anilines is 1. The molecule has 1 atom stereocenters. The number of carbonyl (C=O) groups excluding carboxylic acids is 2. The van der Waals surface area contributed by atoms with Crippen LogP contribution in [-0.2, 0) is 0 Å². The van der Waals surface area contributed by atoms with Gasteiger partial charge in [0.15, 0.2) is 0 Å². The molecule has 0 aliphatic heterocycles. The summed E-state index contributed by atoms with van der Waals surface area (Å²) in [7, 11) is 0. The van der Waals surface area contributed by atoms with E-state index in [0.717, 1.165) is 5.56 Å². The third-order valence-corrected chi connectivity index (χ3v) is 4.68. The van der Waals surface area contributed by atoms with Crippen LogP contribution in [0.2, 0.25) is 0 Å². The van der Waals surface area contributed by atoms with Gasteiger partial charge in [0.1, 0.15) is 0 Å². The Bertz CT molecular complexity index is 860. The van der Waals surface area contributed by atoms with Gasteiger partial charge < -0.3 is 10.6 Å². The minimum atomic E-state index is -0.224. The fraction of sp³-hybridized carbons (Fsp3) is 0.100. The van der Waals surface area contributed by atoms with Gasteiger partial charge in [0, 0.05) is 0 Å². The summed E-state index contributed by atoms with van der Waals surface area (Å²) < 4.78 is 0. The molecular weight excluding hydrogens is 332 g/mol. The van der Waals surface area contributed by atoms with E-state index >= 15 is 0 Å². The molecule has 1 aromatic heterocycles. The van der Waals surface area contributed by atoms with Crippen molar-refractivity contribution in [3.05, 3.63) is 88.1 Å². The van der Waals surface area contributed by atoms with Gasteiger partial charge in [-0.1, -0.05) is 48.5 Å². The van der Waals surface area contributed by atoms with Crippen molar-refractivity contribution in [1.82, 2.24) is 5.32 Å². The molecule has 126 valence electrons. The molecule has 1 unspecified atom stereocenters. The molecule has 25 heavy (non-hydrogen) atoms. The molecule has 2 amide bonds. The number of amides is 2. The second-order valence-corrected chi connectivity index (χ2v) is 6.53. The summed E-state index contributed by atoms with van der Waals surface area (Å²) in [6.07, 6.45) is 0. The smallest absolute Gasteiger partial charge is 0.265 e. The molecule has 4 nitrogen and oxygen atoms in total. The van der Waals surface area contributed by atoms with Crippen LogP contribution in [0.1, 0.15) is 38.6 Å². The first kappa shape index (κ1) is 16.9. The number of para-hydroxylation sites is 1. The van der Waals surface area contributed by atoms with E-state index in [1.165, 1.54) is 11.3 Å². The fourth-order valence-electron chi connectivity index (χ4n) is 2.48. The zero-order valence-electron chi connectivity index (χ0n) is 13.7. The highest BCUT2D eigenvalue weighted by atomic mass is 32.1. The molecule has 0 spiro atoms. The second kappa shape index (κ2) is 7.77. The molecule has 5 heteroatoms. The number of rotatable bonds is 5. The Labute approximate surface area is 150 Å². The van der Waals surface area contributed by atoms with E-state index in [0.29, 0.717) is 16.1 Å². The van der Waals surface area contributed by atoms with Crippen molar-refractivity contribution in [2.45, 2.75) is 13.0 Å². The van der Waals surface area contributed by atoms with Gasteiger partial charge in [-0.3, -0.25) is 9.59 Å². The number of hydrogen-bond donors (Lipinski definition) is 2. The number of benzene rings is 2. The summed E-state index contributed by atoms with van der Waals surface area (Å²) in [6.45, 7) is 1.93. The first-order chi connectivity index (χ1) is 12.1. The average molecular weight is 350 g/mol. The highest BCUT2D eigenvalue weighted by Gasteiger charge is 2.16. The lowest BCUT2D eigenvalue weighted by Gasteiger charge is -2.16. The van der Waals surface area contributed by atoms with E-state index in [2.05, 4.69) is 10.6 Å². The van der Waals surface area contributed by atoms with Gasteiger partial charge in [-0.2, -0.15) is 0 Å². The van der Waals surface area contributed by atoms with Gasteiger partial charge in [-0.15, -0.1) is 11.3 Å². The third-order valence-electron chi connectivity index (χ3n) is 3.81. The first-order valence-corrected chi connectivity index (χ1v) is 8.83. The van der Waals surface area contributed by atoms with Gasteiger partial charge in [0.2, 0.25) is 0 Å². The lowest BCUT2D eigenvalue weighted by atomic mass is 10.1. The van der Waals surface area contributed by atoms with Crippen LogP contribution >= 0.6 is 11.3 Å². The predicted molar refractivity (Wildman–Crippen MR) is 101 cm³/mol. The van der Waals surface area contributed by atoms with Crippen LogP contribution in [-0.4, -0.2) is 11.8 Å². The van der Waals surface area contributed by atoms with Gasteiger partial charge in [0.25, 0.3) is 11.8 Å². The van der Waals surface area contributed by atoms with Gasteiger partial charge in [-0.05, 0) is 36.1 Å². The zero-order chi connectivity index (χ0) is 17.6. The van der Waals surface area contributed by atoms with Crippen molar-refractivity contribution in [2.24, 2.45) is 0 Å². The Morgan fingerprint density at radius 3 is 2.32 bits per heavy atom. The van der Waals surface area contributed by atoms with Crippen molar-refractivity contribution < 1.29 is 9.59 Å². The van der Waals surface area contributed by atoms with Crippen LogP contribution in [0.5, 0.6) is 0 Å².